The summed E-state index contributed by atoms with van der Waals surface area (Å²) in [6.45, 7) is 5.59. The lowest BCUT2D eigenvalue weighted by Crippen LogP contribution is -2.30. The van der Waals surface area contributed by atoms with E-state index in [1.54, 1.807) is 30.3 Å². The summed E-state index contributed by atoms with van der Waals surface area (Å²) >= 11 is 0. The number of amides is 1. The van der Waals surface area contributed by atoms with Crippen molar-refractivity contribution in [1.82, 2.24) is 10.2 Å². The van der Waals surface area contributed by atoms with E-state index in [-0.39, 0.29) is 29.1 Å². The van der Waals surface area contributed by atoms with E-state index in [1.165, 1.54) is 33.0 Å². The fraction of sp³-hybridized carbons (Fsp3) is 0.333. The van der Waals surface area contributed by atoms with Crippen LogP contribution in [0.5, 0.6) is 23.0 Å². The van der Waals surface area contributed by atoms with Gasteiger partial charge >= 0.3 is 0 Å². The van der Waals surface area contributed by atoms with Gasteiger partial charge in [-0.1, -0.05) is 37.3 Å². The number of hydrogen-bond acceptors (Lipinski definition) is 8. The SMILES string of the molecule is CCN(CCCCNC(=O)COc1ccc(-c2cc(=O)c3c(OC)c(OC)c(OC)cc3o2)cc1)Cc1ccccc1. The van der Waals surface area contributed by atoms with E-state index >= 15 is 0 Å². The molecule has 0 aliphatic carbocycles. The molecule has 0 saturated heterocycles. The normalized spacial score (nSPS) is 11.0. The van der Waals surface area contributed by atoms with Crippen molar-refractivity contribution in [3.63, 3.8) is 0 Å². The highest BCUT2D eigenvalue weighted by Gasteiger charge is 2.20. The molecule has 222 valence electrons. The highest BCUT2D eigenvalue weighted by Crippen LogP contribution is 2.42. The Kier molecular flexibility index (Phi) is 10.8. The lowest BCUT2D eigenvalue weighted by atomic mass is 10.1. The standard InChI is InChI=1S/C33H38N2O7/c1-5-35(21-23-11-7-6-8-12-23)18-10-9-17-34-30(37)22-41-25-15-13-24(14-16-25)27-19-26(36)31-28(42-27)20-29(38-2)32(39-3)33(31)40-4/h6-8,11-16,19-20H,5,9-10,17-18,21-22H2,1-4H3,(H,34,37). The Morgan fingerprint density at radius 2 is 1.64 bits per heavy atom. The van der Waals surface area contributed by atoms with E-state index in [0.29, 0.717) is 40.7 Å². The van der Waals surface area contributed by atoms with Crippen molar-refractivity contribution in [2.24, 2.45) is 0 Å². The van der Waals surface area contributed by atoms with Gasteiger partial charge in [0.25, 0.3) is 5.91 Å². The van der Waals surface area contributed by atoms with Crippen LogP contribution in [0.25, 0.3) is 22.3 Å². The predicted molar refractivity (Wildman–Crippen MR) is 163 cm³/mol. The maximum atomic E-state index is 13.0. The molecule has 0 radical (unpaired) electrons. The number of fused-ring (bicyclic) bond motifs is 1. The zero-order chi connectivity index (χ0) is 29.9. The van der Waals surface area contributed by atoms with Crippen LogP contribution in [0.3, 0.4) is 0 Å². The second kappa shape index (κ2) is 14.9. The van der Waals surface area contributed by atoms with Gasteiger partial charge in [0, 0.05) is 30.8 Å². The molecule has 0 unspecified atom stereocenters. The third-order valence-electron chi connectivity index (χ3n) is 6.95. The molecule has 0 fully saturated rings. The summed E-state index contributed by atoms with van der Waals surface area (Å²) in [4.78, 5) is 27.7. The molecule has 0 bridgehead atoms. The van der Waals surface area contributed by atoms with Crippen molar-refractivity contribution in [3.05, 3.63) is 82.5 Å². The van der Waals surface area contributed by atoms with Crippen LogP contribution in [-0.4, -0.2) is 58.4 Å². The Morgan fingerprint density at radius 3 is 2.31 bits per heavy atom. The minimum Gasteiger partial charge on any atom is -0.493 e. The first-order valence-corrected chi connectivity index (χ1v) is 14.0. The number of carbonyl (C=O) groups is 1. The summed E-state index contributed by atoms with van der Waals surface area (Å²) in [5, 5.41) is 3.18. The number of nitrogens with one attached hydrogen (secondary N) is 1. The van der Waals surface area contributed by atoms with E-state index < -0.39 is 0 Å². The zero-order valence-corrected chi connectivity index (χ0v) is 24.6. The molecule has 0 aliphatic rings. The van der Waals surface area contributed by atoms with E-state index in [9.17, 15) is 9.59 Å². The van der Waals surface area contributed by atoms with Crippen molar-refractivity contribution >= 4 is 16.9 Å². The molecule has 1 aromatic heterocycles. The average molecular weight is 575 g/mol. The molecule has 1 N–H and O–H groups in total. The third kappa shape index (κ3) is 7.61. The monoisotopic (exact) mass is 574 g/mol. The van der Waals surface area contributed by atoms with Crippen molar-refractivity contribution in [2.45, 2.75) is 26.3 Å². The summed E-state index contributed by atoms with van der Waals surface area (Å²) in [5.74, 6) is 1.69. The smallest absolute Gasteiger partial charge is 0.257 e. The van der Waals surface area contributed by atoms with E-state index in [1.807, 2.05) is 6.07 Å². The Morgan fingerprint density at radius 1 is 0.905 bits per heavy atom. The molecule has 0 saturated carbocycles. The fourth-order valence-electron chi connectivity index (χ4n) is 4.72. The molecule has 1 heterocycles. The number of methoxy groups -OCH3 is 3. The minimum absolute atomic E-state index is 0.0824. The summed E-state index contributed by atoms with van der Waals surface area (Å²) in [6.07, 6.45) is 1.90. The Hall–Kier alpha value is -4.50. The molecule has 0 spiro atoms. The van der Waals surface area contributed by atoms with E-state index in [2.05, 4.69) is 41.4 Å². The summed E-state index contributed by atoms with van der Waals surface area (Å²) < 4.78 is 27.9. The van der Waals surface area contributed by atoms with Gasteiger partial charge in [-0.25, -0.2) is 0 Å². The number of rotatable bonds is 15. The quantitative estimate of drug-likeness (QED) is 0.192. The van der Waals surface area contributed by atoms with E-state index in [4.69, 9.17) is 23.4 Å². The van der Waals surface area contributed by atoms with Gasteiger partial charge in [0.15, 0.2) is 23.5 Å². The number of nitrogens with zero attached hydrogens (tertiary/aromatic N) is 1. The third-order valence-corrected chi connectivity index (χ3v) is 6.95. The summed E-state index contributed by atoms with van der Waals surface area (Å²) in [7, 11) is 4.43. The molecule has 0 atom stereocenters. The van der Waals surface area contributed by atoms with Gasteiger partial charge in [-0.15, -0.1) is 0 Å². The van der Waals surface area contributed by atoms with Gasteiger partial charge < -0.3 is 28.7 Å². The second-order valence-electron chi connectivity index (χ2n) is 9.72. The fourth-order valence-corrected chi connectivity index (χ4v) is 4.72. The molecule has 4 rings (SSSR count). The molecule has 4 aromatic rings. The van der Waals surface area contributed by atoms with Gasteiger partial charge in [-0.2, -0.15) is 0 Å². The van der Waals surface area contributed by atoms with Crippen LogP contribution in [0, 0.1) is 0 Å². The molecule has 3 aromatic carbocycles. The first-order valence-electron chi connectivity index (χ1n) is 14.0. The number of hydrogen-bond donors (Lipinski definition) is 1. The van der Waals surface area contributed by atoms with Crippen LogP contribution in [0.4, 0.5) is 0 Å². The molecule has 9 nitrogen and oxygen atoms in total. The molecule has 1 amide bonds. The number of ether oxygens (including phenoxy) is 4. The number of carbonyl (C=O) groups excluding carboxylic acids is 1. The lowest BCUT2D eigenvalue weighted by molar-refractivity contribution is -0.123. The first-order chi connectivity index (χ1) is 20.5. The van der Waals surface area contributed by atoms with Gasteiger partial charge in [-0.05, 0) is 55.8 Å². The van der Waals surface area contributed by atoms with Gasteiger partial charge in [-0.3, -0.25) is 14.5 Å². The zero-order valence-electron chi connectivity index (χ0n) is 24.6. The van der Waals surface area contributed by atoms with Crippen molar-refractivity contribution in [3.8, 4) is 34.3 Å². The maximum Gasteiger partial charge on any atom is 0.257 e. The maximum absolute atomic E-state index is 13.0. The van der Waals surface area contributed by atoms with Crippen molar-refractivity contribution < 1.29 is 28.2 Å². The summed E-state index contributed by atoms with van der Waals surface area (Å²) in [6, 6.07) is 20.4. The first kappa shape index (κ1) is 30.5. The second-order valence-corrected chi connectivity index (χ2v) is 9.72. The van der Waals surface area contributed by atoms with E-state index in [0.717, 1.165) is 32.5 Å². The van der Waals surface area contributed by atoms with Gasteiger partial charge in [0.05, 0.1) is 21.3 Å². The predicted octanol–water partition coefficient (Wildman–Crippen LogP) is 5.28. The largest absolute Gasteiger partial charge is 0.493 e. The van der Waals surface area contributed by atoms with Crippen LogP contribution in [0.15, 0.2) is 75.9 Å². The highest BCUT2D eigenvalue weighted by molar-refractivity contribution is 5.90. The Labute approximate surface area is 245 Å². The van der Waals surface area contributed by atoms with Crippen LogP contribution >= 0.6 is 0 Å². The molecular weight excluding hydrogens is 536 g/mol. The molecule has 42 heavy (non-hydrogen) atoms. The number of benzene rings is 3. The Bertz CT molecular complexity index is 1520. The summed E-state index contributed by atoms with van der Waals surface area (Å²) in [5.41, 5.74) is 2.01. The van der Waals surface area contributed by atoms with Gasteiger partial charge in [0.2, 0.25) is 5.75 Å². The lowest BCUT2D eigenvalue weighted by Gasteiger charge is -2.20. The van der Waals surface area contributed by atoms with Crippen molar-refractivity contribution in [1.29, 1.82) is 0 Å². The molecule has 9 heteroatoms. The molecular formula is C33H38N2O7. The number of unbranched alkanes of at least 4 members (excludes halogenated alkanes) is 1. The van der Waals surface area contributed by atoms with Crippen molar-refractivity contribution in [2.75, 3.05) is 47.6 Å². The van der Waals surface area contributed by atoms with Crippen LogP contribution in [0.1, 0.15) is 25.3 Å². The topological polar surface area (TPSA) is 99.5 Å². The average Bonchev–Trinajstić information content (AvgIpc) is 3.02. The minimum atomic E-state index is -0.278. The van der Waals surface area contributed by atoms with Crippen LogP contribution < -0.4 is 29.7 Å². The van der Waals surface area contributed by atoms with Crippen LogP contribution in [-0.2, 0) is 11.3 Å². The highest BCUT2D eigenvalue weighted by atomic mass is 16.5. The molecule has 0 aliphatic heterocycles. The van der Waals surface area contributed by atoms with Gasteiger partial charge in [0.1, 0.15) is 22.5 Å². The van der Waals surface area contributed by atoms with Crippen LogP contribution in [0.2, 0.25) is 0 Å². The Balaban J connectivity index is 1.27.